The van der Waals surface area contributed by atoms with E-state index in [4.69, 9.17) is 5.73 Å². The number of likely N-dealkylation sites (tertiary alicyclic amines) is 1. The maximum Gasteiger partial charge on any atom is 0.234 e. The fourth-order valence-electron chi connectivity index (χ4n) is 3.05. The van der Waals surface area contributed by atoms with Crippen LogP contribution < -0.4 is 11.1 Å². The molecule has 122 valence electrons. The van der Waals surface area contributed by atoms with Gasteiger partial charge in [-0.05, 0) is 50.4 Å². The van der Waals surface area contributed by atoms with E-state index in [0.29, 0.717) is 25.6 Å². The molecule has 1 amide bonds. The van der Waals surface area contributed by atoms with Crippen LogP contribution in [-0.4, -0.2) is 42.5 Å². The van der Waals surface area contributed by atoms with Gasteiger partial charge in [-0.1, -0.05) is 18.6 Å². The van der Waals surface area contributed by atoms with Gasteiger partial charge in [-0.2, -0.15) is 0 Å². The third kappa shape index (κ3) is 5.07. The quantitative estimate of drug-likeness (QED) is 0.841. The molecule has 0 bridgehead atoms. The van der Waals surface area contributed by atoms with Gasteiger partial charge < -0.3 is 11.1 Å². The largest absolute Gasteiger partial charge is 0.355 e. The van der Waals surface area contributed by atoms with E-state index >= 15 is 0 Å². The molecule has 1 heterocycles. The van der Waals surface area contributed by atoms with Gasteiger partial charge in [0.25, 0.3) is 0 Å². The molecule has 0 aromatic heterocycles. The first-order valence-corrected chi connectivity index (χ1v) is 8.07. The first-order chi connectivity index (χ1) is 10.6. The van der Waals surface area contributed by atoms with Crippen LogP contribution in [0.4, 0.5) is 4.39 Å². The molecule has 1 aromatic carbocycles. The fourth-order valence-corrected chi connectivity index (χ4v) is 3.05. The molecule has 0 saturated carbocycles. The van der Waals surface area contributed by atoms with Crippen LogP contribution in [0.2, 0.25) is 0 Å². The van der Waals surface area contributed by atoms with Crippen LogP contribution in [-0.2, 0) is 11.2 Å². The smallest absolute Gasteiger partial charge is 0.234 e. The van der Waals surface area contributed by atoms with Crippen molar-refractivity contribution in [3.05, 3.63) is 35.6 Å². The van der Waals surface area contributed by atoms with E-state index in [1.54, 1.807) is 12.1 Å². The molecule has 2 unspecified atom stereocenters. The molecule has 0 spiro atoms. The molecule has 0 radical (unpaired) electrons. The Bertz CT molecular complexity index is 475. The van der Waals surface area contributed by atoms with Crippen molar-refractivity contribution in [2.45, 2.75) is 44.7 Å². The number of nitrogens with zero attached hydrogens (tertiary/aromatic N) is 1. The lowest BCUT2D eigenvalue weighted by Crippen LogP contribution is -2.52. The Morgan fingerprint density at radius 1 is 1.41 bits per heavy atom. The molecular weight excluding hydrogens is 281 g/mol. The Morgan fingerprint density at radius 3 is 2.82 bits per heavy atom. The van der Waals surface area contributed by atoms with E-state index in [2.05, 4.69) is 10.2 Å². The molecule has 4 nitrogen and oxygen atoms in total. The summed E-state index contributed by atoms with van der Waals surface area (Å²) in [6.45, 7) is 3.93. The number of piperidine rings is 1. The van der Waals surface area contributed by atoms with E-state index in [1.807, 2.05) is 6.92 Å². The van der Waals surface area contributed by atoms with Gasteiger partial charge in [0, 0.05) is 18.6 Å². The lowest BCUT2D eigenvalue weighted by Gasteiger charge is -2.37. The van der Waals surface area contributed by atoms with Gasteiger partial charge in [0.05, 0.1) is 6.54 Å². The zero-order valence-corrected chi connectivity index (χ0v) is 13.2. The Balaban J connectivity index is 1.73. The minimum atomic E-state index is -0.236. The number of nitrogens with one attached hydrogen (secondary N) is 1. The van der Waals surface area contributed by atoms with E-state index in [1.165, 1.54) is 18.6 Å². The maximum absolute atomic E-state index is 12.8. The third-order valence-corrected chi connectivity index (χ3v) is 4.27. The maximum atomic E-state index is 12.8. The number of carbonyl (C=O) groups is 1. The Hall–Kier alpha value is -1.46. The van der Waals surface area contributed by atoms with Gasteiger partial charge in [-0.3, -0.25) is 9.69 Å². The van der Waals surface area contributed by atoms with Crippen LogP contribution in [0.3, 0.4) is 0 Å². The summed E-state index contributed by atoms with van der Waals surface area (Å²) in [4.78, 5) is 14.3. The van der Waals surface area contributed by atoms with Crippen molar-refractivity contribution in [1.29, 1.82) is 0 Å². The monoisotopic (exact) mass is 307 g/mol. The number of rotatable bonds is 6. The second-order valence-electron chi connectivity index (χ2n) is 6.12. The highest BCUT2D eigenvalue weighted by Crippen LogP contribution is 2.18. The van der Waals surface area contributed by atoms with Crippen LogP contribution in [0.1, 0.15) is 31.7 Å². The molecule has 5 heteroatoms. The molecular formula is C17H26FN3O. The predicted octanol–water partition coefficient (Wildman–Crippen LogP) is 1.69. The summed E-state index contributed by atoms with van der Waals surface area (Å²) in [7, 11) is 0. The number of hydrogen-bond acceptors (Lipinski definition) is 3. The summed E-state index contributed by atoms with van der Waals surface area (Å²) in [5.41, 5.74) is 7.04. The zero-order valence-electron chi connectivity index (χ0n) is 13.2. The second kappa shape index (κ2) is 8.25. The average Bonchev–Trinajstić information content (AvgIpc) is 2.49. The van der Waals surface area contributed by atoms with Crippen molar-refractivity contribution in [3.8, 4) is 0 Å². The van der Waals surface area contributed by atoms with Gasteiger partial charge in [0.15, 0.2) is 0 Å². The zero-order chi connectivity index (χ0) is 15.9. The summed E-state index contributed by atoms with van der Waals surface area (Å²) in [5, 5.41) is 2.94. The minimum absolute atomic E-state index is 0.0367. The number of amides is 1. The lowest BCUT2D eigenvalue weighted by atomic mass is 9.97. The van der Waals surface area contributed by atoms with Gasteiger partial charge in [0.2, 0.25) is 5.91 Å². The van der Waals surface area contributed by atoms with Crippen molar-refractivity contribution < 1.29 is 9.18 Å². The Labute approximate surface area is 131 Å². The molecule has 2 rings (SSSR count). The van der Waals surface area contributed by atoms with E-state index in [0.717, 1.165) is 24.9 Å². The summed E-state index contributed by atoms with van der Waals surface area (Å²) in [5.74, 6) is -0.200. The van der Waals surface area contributed by atoms with Gasteiger partial charge in [-0.25, -0.2) is 4.39 Å². The topological polar surface area (TPSA) is 58.4 Å². The molecule has 1 aromatic rings. The molecule has 1 aliphatic heterocycles. The molecule has 3 N–H and O–H groups in total. The summed E-state index contributed by atoms with van der Waals surface area (Å²) < 4.78 is 12.8. The average molecular weight is 307 g/mol. The van der Waals surface area contributed by atoms with Crippen LogP contribution >= 0.6 is 0 Å². The van der Waals surface area contributed by atoms with Crippen molar-refractivity contribution >= 4 is 5.91 Å². The van der Waals surface area contributed by atoms with E-state index in [-0.39, 0.29) is 17.8 Å². The van der Waals surface area contributed by atoms with Crippen LogP contribution in [0.25, 0.3) is 0 Å². The molecule has 2 atom stereocenters. The van der Waals surface area contributed by atoms with Crippen molar-refractivity contribution in [2.24, 2.45) is 5.73 Å². The standard InChI is InChI=1S/C17H26FN3O/c1-13(19)16-4-2-3-11-21(16)12-17(22)20-10-9-14-5-7-15(18)8-6-14/h5-8,13,16H,2-4,9-12,19H2,1H3,(H,20,22). The number of benzene rings is 1. The second-order valence-corrected chi connectivity index (χ2v) is 6.12. The van der Waals surface area contributed by atoms with Crippen molar-refractivity contribution in [2.75, 3.05) is 19.6 Å². The number of carbonyl (C=O) groups excluding carboxylic acids is 1. The van der Waals surface area contributed by atoms with Crippen LogP contribution in [0.5, 0.6) is 0 Å². The van der Waals surface area contributed by atoms with Crippen LogP contribution in [0, 0.1) is 5.82 Å². The van der Waals surface area contributed by atoms with Gasteiger partial charge in [-0.15, -0.1) is 0 Å². The third-order valence-electron chi connectivity index (χ3n) is 4.27. The summed E-state index contributed by atoms with van der Waals surface area (Å²) in [6.07, 6.45) is 4.10. The SMILES string of the molecule is CC(N)C1CCCCN1CC(=O)NCCc1ccc(F)cc1. The predicted molar refractivity (Wildman–Crippen MR) is 86.0 cm³/mol. The van der Waals surface area contributed by atoms with Gasteiger partial charge in [0.1, 0.15) is 5.82 Å². The number of hydrogen-bond donors (Lipinski definition) is 2. The van der Waals surface area contributed by atoms with Gasteiger partial charge >= 0.3 is 0 Å². The van der Waals surface area contributed by atoms with E-state index < -0.39 is 0 Å². The Kier molecular flexibility index (Phi) is 6.34. The molecule has 0 aliphatic carbocycles. The highest BCUT2D eigenvalue weighted by Gasteiger charge is 2.26. The van der Waals surface area contributed by atoms with Crippen LogP contribution in [0.15, 0.2) is 24.3 Å². The van der Waals surface area contributed by atoms with E-state index in [9.17, 15) is 9.18 Å². The summed E-state index contributed by atoms with van der Waals surface area (Å²) >= 11 is 0. The molecule has 1 aliphatic rings. The first-order valence-electron chi connectivity index (χ1n) is 8.07. The molecule has 22 heavy (non-hydrogen) atoms. The highest BCUT2D eigenvalue weighted by molar-refractivity contribution is 5.78. The fraction of sp³-hybridized carbons (Fsp3) is 0.588. The van der Waals surface area contributed by atoms with Crippen molar-refractivity contribution in [1.82, 2.24) is 10.2 Å². The normalized spacial score (nSPS) is 20.6. The number of halogens is 1. The molecule has 1 saturated heterocycles. The Morgan fingerprint density at radius 2 is 2.14 bits per heavy atom. The summed E-state index contributed by atoms with van der Waals surface area (Å²) in [6, 6.07) is 6.77. The minimum Gasteiger partial charge on any atom is -0.355 e. The lowest BCUT2D eigenvalue weighted by molar-refractivity contribution is -0.123. The number of nitrogens with two attached hydrogens (primary N) is 1. The first kappa shape index (κ1) is 16.9. The molecule has 1 fully saturated rings. The highest BCUT2D eigenvalue weighted by atomic mass is 19.1. The van der Waals surface area contributed by atoms with Crippen molar-refractivity contribution in [3.63, 3.8) is 0 Å².